The lowest BCUT2D eigenvalue weighted by atomic mass is 9.93. The van der Waals surface area contributed by atoms with Crippen molar-refractivity contribution in [2.45, 2.75) is 25.4 Å². The summed E-state index contributed by atoms with van der Waals surface area (Å²) < 4.78 is 2.97. The topological polar surface area (TPSA) is 68.8 Å². The van der Waals surface area contributed by atoms with Gasteiger partial charge in [-0.1, -0.05) is 57.9 Å². The summed E-state index contributed by atoms with van der Waals surface area (Å²) >= 11 is 3.49. The number of aryl methyl sites for hydroxylation is 1. The Morgan fingerprint density at radius 1 is 1.08 bits per heavy atom. The van der Waals surface area contributed by atoms with Crippen molar-refractivity contribution in [1.29, 1.82) is 0 Å². The van der Waals surface area contributed by atoms with Gasteiger partial charge >= 0.3 is 0 Å². The lowest BCUT2D eigenvalue weighted by Crippen LogP contribution is -2.28. The van der Waals surface area contributed by atoms with E-state index in [1.165, 1.54) is 16.7 Å². The molecule has 0 unspecified atom stereocenters. The molecule has 4 rings (SSSR count). The molecule has 1 aliphatic rings. The van der Waals surface area contributed by atoms with Gasteiger partial charge in [-0.25, -0.2) is 4.68 Å². The second-order valence-electron chi connectivity index (χ2n) is 6.15. The lowest BCUT2D eigenvalue weighted by molar-refractivity contribution is 0.431. The van der Waals surface area contributed by atoms with E-state index in [1.54, 1.807) is 0 Å². The summed E-state index contributed by atoms with van der Waals surface area (Å²) in [6.45, 7) is 2.09. The molecule has 0 saturated carbocycles. The third kappa shape index (κ3) is 2.78. The zero-order chi connectivity index (χ0) is 16.7. The van der Waals surface area contributed by atoms with Crippen molar-refractivity contribution >= 4 is 27.8 Å². The number of benzene rings is 2. The molecule has 0 spiro atoms. The summed E-state index contributed by atoms with van der Waals surface area (Å²) in [6, 6.07) is 17.2. The summed E-state index contributed by atoms with van der Waals surface area (Å²) in [5, 5.41) is 7.85. The molecule has 1 aromatic heterocycles. The summed E-state index contributed by atoms with van der Waals surface area (Å²) in [6.07, 6.45) is 0.889. The van der Waals surface area contributed by atoms with Crippen LogP contribution in [0.3, 0.4) is 0 Å². The molecule has 3 N–H and O–H groups in total. The number of fused-ring (bicyclic) bond motifs is 1. The fraction of sp³-hybridized carbons (Fsp3) is 0.222. The molecule has 1 aliphatic heterocycles. The highest BCUT2D eigenvalue weighted by Gasteiger charge is 2.30. The van der Waals surface area contributed by atoms with Crippen LogP contribution in [0.1, 0.15) is 35.2 Å². The molecule has 0 saturated heterocycles. The Bertz CT molecular complexity index is 854. The molecule has 0 amide bonds. The minimum atomic E-state index is 0.111. The molecule has 2 heterocycles. The van der Waals surface area contributed by atoms with Crippen LogP contribution in [-0.4, -0.2) is 14.8 Å². The van der Waals surface area contributed by atoms with Crippen molar-refractivity contribution in [1.82, 2.24) is 14.8 Å². The van der Waals surface area contributed by atoms with Gasteiger partial charge in [-0.15, -0.1) is 5.10 Å². The Morgan fingerprint density at radius 2 is 1.75 bits per heavy atom. The SMILES string of the molecule is Cc1ccc([C@H]2C[C@@H](c3ccc(Br)cc3)Nc3nc(N)nn32)cc1. The number of nitrogens with two attached hydrogens (primary N) is 1. The van der Waals surface area contributed by atoms with Gasteiger partial charge in [-0.3, -0.25) is 0 Å². The van der Waals surface area contributed by atoms with Crippen LogP contribution in [0.4, 0.5) is 11.9 Å². The fourth-order valence-electron chi connectivity index (χ4n) is 3.17. The van der Waals surface area contributed by atoms with Crippen molar-refractivity contribution < 1.29 is 0 Å². The van der Waals surface area contributed by atoms with Crippen LogP contribution in [-0.2, 0) is 0 Å². The van der Waals surface area contributed by atoms with Gasteiger partial charge < -0.3 is 11.1 Å². The van der Waals surface area contributed by atoms with Crippen molar-refractivity contribution in [2.24, 2.45) is 0 Å². The quantitative estimate of drug-likeness (QED) is 0.699. The van der Waals surface area contributed by atoms with E-state index >= 15 is 0 Å². The molecule has 0 radical (unpaired) electrons. The van der Waals surface area contributed by atoms with Gasteiger partial charge in [0.15, 0.2) is 0 Å². The van der Waals surface area contributed by atoms with Crippen molar-refractivity contribution in [3.63, 3.8) is 0 Å². The minimum Gasteiger partial charge on any atom is -0.366 e. The number of nitrogens with one attached hydrogen (secondary N) is 1. The van der Waals surface area contributed by atoms with Crippen LogP contribution in [0.15, 0.2) is 53.0 Å². The number of halogens is 1. The van der Waals surface area contributed by atoms with Gasteiger partial charge in [0.2, 0.25) is 11.9 Å². The van der Waals surface area contributed by atoms with Gasteiger partial charge in [0.05, 0.1) is 12.1 Å². The van der Waals surface area contributed by atoms with E-state index in [0.29, 0.717) is 5.95 Å². The van der Waals surface area contributed by atoms with E-state index in [1.807, 2.05) is 4.68 Å². The van der Waals surface area contributed by atoms with Crippen molar-refractivity contribution in [3.05, 3.63) is 69.7 Å². The number of hydrogen-bond donors (Lipinski definition) is 2. The molecule has 2 atom stereocenters. The predicted molar refractivity (Wildman–Crippen MR) is 98.9 cm³/mol. The van der Waals surface area contributed by atoms with E-state index in [0.717, 1.165) is 16.8 Å². The van der Waals surface area contributed by atoms with Crippen LogP contribution < -0.4 is 11.1 Å². The van der Waals surface area contributed by atoms with Gasteiger partial charge in [0, 0.05) is 4.47 Å². The third-order valence-corrected chi connectivity index (χ3v) is 4.97. The lowest BCUT2D eigenvalue weighted by Gasteiger charge is -2.31. The molecular formula is C18H18BrN5. The molecule has 24 heavy (non-hydrogen) atoms. The third-order valence-electron chi connectivity index (χ3n) is 4.44. The van der Waals surface area contributed by atoms with Crippen LogP contribution in [0, 0.1) is 6.92 Å². The number of anilines is 2. The Morgan fingerprint density at radius 3 is 2.46 bits per heavy atom. The minimum absolute atomic E-state index is 0.111. The number of hydrogen-bond acceptors (Lipinski definition) is 4. The zero-order valence-corrected chi connectivity index (χ0v) is 14.9. The molecule has 0 bridgehead atoms. The molecular weight excluding hydrogens is 366 g/mol. The molecule has 5 nitrogen and oxygen atoms in total. The largest absolute Gasteiger partial charge is 0.366 e. The first-order chi connectivity index (χ1) is 11.6. The highest BCUT2D eigenvalue weighted by Crippen LogP contribution is 2.38. The maximum atomic E-state index is 5.84. The first-order valence-electron chi connectivity index (χ1n) is 7.91. The smallest absolute Gasteiger partial charge is 0.241 e. The Balaban J connectivity index is 1.74. The van der Waals surface area contributed by atoms with Crippen LogP contribution >= 0.6 is 15.9 Å². The van der Waals surface area contributed by atoms with E-state index in [9.17, 15) is 0 Å². The summed E-state index contributed by atoms with van der Waals surface area (Å²) in [5.74, 6) is 1.02. The predicted octanol–water partition coefficient (Wildman–Crippen LogP) is 4.08. The monoisotopic (exact) mass is 383 g/mol. The molecule has 122 valence electrons. The van der Waals surface area contributed by atoms with Crippen molar-refractivity contribution in [2.75, 3.05) is 11.1 Å². The Kier molecular flexibility index (Phi) is 3.76. The molecule has 0 fully saturated rings. The van der Waals surface area contributed by atoms with Gasteiger partial charge in [-0.05, 0) is 36.6 Å². The standard InChI is InChI=1S/C18H18BrN5/c1-11-2-4-13(5-3-11)16-10-15(12-6-8-14(19)9-7-12)21-18-22-17(20)23-24(16)18/h2-9,15-16H,10H2,1H3,(H3,20,21,22,23)/t15-,16+/m0/s1. The van der Waals surface area contributed by atoms with E-state index < -0.39 is 0 Å². The summed E-state index contributed by atoms with van der Waals surface area (Å²) in [4.78, 5) is 4.35. The molecule has 0 aliphatic carbocycles. The summed E-state index contributed by atoms with van der Waals surface area (Å²) in [7, 11) is 0. The number of nitrogen functional groups attached to an aromatic ring is 1. The first-order valence-corrected chi connectivity index (χ1v) is 8.70. The van der Waals surface area contributed by atoms with Gasteiger partial charge in [0.1, 0.15) is 0 Å². The normalized spacial score (nSPS) is 19.6. The van der Waals surface area contributed by atoms with Gasteiger partial charge in [0.25, 0.3) is 0 Å². The van der Waals surface area contributed by atoms with E-state index in [4.69, 9.17) is 5.73 Å². The van der Waals surface area contributed by atoms with Crippen molar-refractivity contribution in [3.8, 4) is 0 Å². The summed E-state index contributed by atoms with van der Waals surface area (Å²) in [5.41, 5.74) is 9.53. The number of nitrogens with zero attached hydrogens (tertiary/aromatic N) is 3. The number of rotatable bonds is 2. The van der Waals surface area contributed by atoms with Crippen LogP contribution in [0.2, 0.25) is 0 Å². The van der Waals surface area contributed by atoms with Crippen LogP contribution in [0.25, 0.3) is 0 Å². The van der Waals surface area contributed by atoms with Gasteiger partial charge in [-0.2, -0.15) is 4.98 Å². The fourth-order valence-corrected chi connectivity index (χ4v) is 3.44. The maximum Gasteiger partial charge on any atom is 0.241 e. The highest BCUT2D eigenvalue weighted by molar-refractivity contribution is 9.10. The Labute approximate surface area is 149 Å². The van der Waals surface area contributed by atoms with E-state index in [-0.39, 0.29) is 12.1 Å². The molecule has 2 aromatic carbocycles. The van der Waals surface area contributed by atoms with E-state index in [2.05, 4.69) is 86.8 Å². The first kappa shape index (κ1) is 15.2. The average Bonchev–Trinajstić information content (AvgIpc) is 2.95. The van der Waals surface area contributed by atoms with Crippen LogP contribution in [0.5, 0.6) is 0 Å². The Hall–Kier alpha value is -2.34. The number of aromatic nitrogens is 3. The molecule has 3 aromatic rings. The second-order valence-corrected chi connectivity index (χ2v) is 7.06. The second kappa shape index (κ2) is 5.94. The highest BCUT2D eigenvalue weighted by atomic mass is 79.9. The maximum absolute atomic E-state index is 5.84. The average molecular weight is 384 g/mol. The zero-order valence-electron chi connectivity index (χ0n) is 13.3. The molecule has 6 heteroatoms.